The van der Waals surface area contributed by atoms with E-state index in [1.54, 1.807) is 12.1 Å². The number of aromatic nitrogens is 1. The maximum Gasteiger partial charge on any atom is 0.221 e. The van der Waals surface area contributed by atoms with Gasteiger partial charge in [0.05, 0.1) is 3.57 Å². The van der Waals surface area contributed by atoms with Gasteiger partial charge >= 0.3 is 0 Å². The zero-order valence-electron chi connectivity index (χ0n) is 7.85. The Kier molecular flexibility index (Phi) is 3.05. The van der Waals surface area contributed by atoms with Crippen LogP contribution in [0.25, 0.3) is 0 Å². The van der Waals surface area contributed by atoms with Crippen LogP contribution in [0.3, 0.4) is 0 Å². The van der Waals surface area contributed by atoms with E-state index in [2.05, 4.69) is 27.6 Å². The van der Waals surface area contributed by atoms with E-state index in [0.29, 0.717) is 11.7 Å². The molecule has 0 saturated heterocycles. The van der Waals surface area contributed by atoms with Crippen molar-refractivity contribution in [3.63, 3.8) is 0 Å². The van der Waals surface area contributed by atoms with Crippen LogP contribution in [-0.4, -0.2) is 4.98 Å². The zero-order valence-corrected chi connectivity index (χ0v) is 10.0. The van der Waals surface area contributed by atoms with E-state index >= 15 is 0 Å². The van der Waals surface area contributed by atoms with Crippen LogP contribution in [0.2, 0.25) is 0 Å². The summed E-state index contributed by atoms with van der Waals surface area (Å²) in [6.45, 7) is 0. The van der Waals surface area contributed by atoms with Gasteiger partial charge in [0.2, 0.25) is 5.88 Å². The van der Waals surface area contributed by atoms with Crippen LogP contribution >= 0.6 is 22.6 Å². The number of nitrogens with two attached hydrogens (primary N) is 1. The highest BCUT2D eigenvalue weighted by Crippen LogP contribution is 2.25. The Morgan fingerprint density at radius 1 is 1.07 bits per heavy atom. The van der Waals surface area contributed by atoms with Crippen molar-refractivity contribution in [1.82, 2.24) is 4.98 Å². The SMILES string of the molecule is Nc1cccc(Oc2ccccc2I)n1. The molecule has 1 aromatic heterocycles. The minimum atomic E-state index is 0.457. The quantitative estimate of drug-likeness (QED) is 0.867. The third kappa shape index (κ3) is 2.59. The molecular weight excluding hydrogens is 303 g/mol. The lowest BCUT2D eigenvalue weighted by atomic mass is 10.3. The number of nitrogen functional groups attached to an aromatic ring is 1. The molecule has 0 spiro atoms. The number of halogens is 1. The summed E-state index contributed by atoms with van der Waals surface area (Å²) in [5, 5.41) is 0. The molecule has 0 unspecified atom stereocenters. The zero-order chi connectivity index (χ0) is 10.7. The fraction of sp³-hybridized carbons (Fsp3) is 0. The van der Waals surface area contributed by atoms with Crippen LogP contribution in [0.5, 0.6) is 11.6 Å². The second-order valence-electron chi connectivity index (χ2n) is 2.93. The van der Waals surface area contributed by atoms with Gasteiger partial charge in [-0.2, -0.15) is 4.98 Å². The largest absolute Gasteiger partial charge is 0.438 e. The summed E-state index contributed by atoms with van der Waals surface area (Å²) in [5.41, 5.74) is 5.56. The minimum absolute atomic E-state index is 0.457. The van der Waals surface area contributed by atoms with Crippen molar-refractivity contribution in [3.05, 3.63) is 46.0 Å². The lowest BCUT2D eigenvalue weighted by Gasteiger charge is -2.06. The maximum atomic E-state index is 5.59. The van der Waals surface area contributed by atoms with Crippen LogP contribution < -0.4 is 10.5 Å². The first-order chi connectivity index (χ1) is 7.25. The van der Waals surface area contributed by atoms with Crippen molar-refractivity contribution in [1.29, 1.82) is 0 Å². The molecule has 0 saturated carbocycles. The molecule has 1 heterocycles. The molecule has 4 heteroatoms. The number of hydrogen-bond donors (Lipinski definition) is 1. The van der Waals surface area contributed by atoms with Gasteiger partial charge in [-0.15, -0.1) is 0 Å². The van der Waals surface area contributed by atoms with Gasteiger partial charge < -0.3 is 10.5 Å². The summed E-state index contributed by atoms with van der Waals surface area (Å²) in [5.74, 6) is 1.76. The Bertz CT molecular complexity index is 474. The Morgan fingerprint density at radius 3 is 2.60 bits per heavy atom. The maximum absolute atomic E-state index is 5.59. The van der Waals surface area contributed by atoms with Crippen molar-refractivity contribution in [2.75, 3.05) is 5.73 Å². The first-order valence-electron chi connectivity index (χ1n) is 4.40. The second-order valence-corrected chi connectivity index (χ2v) is 4.10. The normalized spacial score (nSPS) is 9.93. The molecule has 76 valence electrons. The van der Waals surface area contributed by atoms with Gasteiger partial charge in [-0.05, 0) is 40.8 Å². The van der Waals surface area contributed by atoms with E-state index < -0.39 is 0 Å². The molecule has 0 aliphatic carbocycles. The summed E-state index contributed by atoms with van der Waals surface area (Å²) in [4.78, 5) is 4.06. The smallest absolute Gasteiger partial charge is 0.221 e. The lowest BCUT2D eigenvalue weighted by Crippen LogP contribution is -1.93. The van der Waals surface area contributed by atoms with Crippen LogP contribution in [-0.2, 0) is 0 Å². The summed E-state index contributed by atoms with van der Waals surface area (Å²) < 4.78 is 6.63. The Hall–Kier alpha value is -1.30. The average molecular weight is 312 g/mol. The molecule has 0 fully saturated rings. The van der Waals surface area contributed by atoms with Crippen molar-refractivity contribution in [3.8, 4) is 11.6 Å². The van der Waals surface area contributed by atoms with Crippen LogP contribution in [0.1, 0.15) is 0 Å². The molecule has 2 N–H and O–H groups in total. The molecule has 0 aliphatic rings. The van der Waals surface area contributed by atoms with E-state index in [1.165, 1.54) is 0 Å². The van der Waals surface area contributed by atoms with Gasteiger partial charge in [0.15, 0.2) is 0 Å². The van der Waals surface area contributed by atoms with Crippen molar-refractivity contribution in [2.45, 2.75) is 0 Å². The van der Waals surface area contributed by atoms with Crippen molar-refractivity contribution in [2.24, 2.45) is 0 Å². The number of anilines is 1. The predicted octanol–water partition coefficient (Wildman–Crippen LogP) is 3.06. The fourth-order valence-corrected chi connectivity index (χ4v) is 1.63. The third-order valence-electron chi connectivity index (χ3n) is 1.80. The van der Waals surface area contributed by atoms with Crippen LogP contribution in [0, 0.1) is 3.57 Å². The molecule has 1 aromatic carbocycles. The number of para-hydroxylation sites is 1. The highest BCUT2D eigenvalue weighted by molar-refractivity contribution is 14.1. The lowest BCUT2D eigenvalue weighted by molar-refractivity contribution is 0.460. The summed E-state index contributed by atoms with van der Waals surface area (Å²) in [6.07, 6.45) is 0. The molecule has 0 atom stereocenters. The average Bonchev–Trinajstić information content (AvgIpc) is 2.22. The Labute approximate surface area is 101 Å². The van der Waals surface area contributed by atoms with Gasteiger partial charge in [0.25, 0.3) is 0 Å². The van der Waals surface area contributed by atoms with Crippen LogP contribution in [0.15, 0.2) is 42.5 Å². The summed E-state index contributed by atoms with van der Waals surface area (Å²) in [7, 11) is 0. The molecule has 2 aromatic rings. The fourth-order valence-electron chi connectivity index (χ4n) is 1.13. The Balaban J connectivity index is 2.26. The van der Waals surface area contributed by atoms with E-state index in [-0.39, 0.29) is 0 Å². The number of nitrogens with zero attached hydrogens (tertiary/aromatic N) is 1. The number of benzene rings is 1. The molecule has 0 amide bonds. The van der Waals surface area contributed by atoms with Gasteiger partial charge in [-0.1, -0.05) is 18.2 Å². The van der Waals surface area contributed by atoms with Gasteiger partial charge in [-0.25, -0.2) is 0 Å². The monoisotopic (exact) mass is 312 g/mol. The third-order valence-corrected chi connectivity index (χ3v) is 2.69. The number of pyridine rings is 1. The Morgan fingerprint density at radius 2 is 1.87 bits per heavy atom. The predicted molar refractivity (Wildman–Crippen MR) is 67.9 cm³/mol. The number of hydrogen-bond acceptors (Lipinski definition) is 3. The first-order valence-corrected chi connectivity index (χ1v) is 5.48. The van der Waals surface area contributed by atoms with E-state index in [4.69, 9.17) is 10.5 Å². The standard InChI is InChI=1S/C11H9IN2O/c12-8-4-1-2-5-9(8)15-11-7-3-6-10(13)14-11/h1-7H,(H2,13,14). The van der Waals surface area contributed by atoms with E-state index in [9.17, 15) is 0 Å². The molecule has 0 bridgehead atoms. The van der Waals surface area contributed by atoms with Gasteiger partial charge in [0.1, 0.15) is 11.6 Å². The summed E-state index contributed by atoms with van der Waals surface area (Å²) >= 11 is 2.21. The van der Waals surface area contributed by atoms with Crippen LogP contribution in [0.4, 0.5) is 5.82 Å². The topological polar surface area (TPSA) is 48.1 Å². The molecule has 2 rings (SSSR count). The molecule has 3 nitrogen and oxygen atoms in total. The molecule has 15 heavy (non-hydrogen) atoms. The van der Waals surface area contributed by atoms with Crippen molar-refractivity contribution >= 4 is 28.4 Å². The minimum Gasteiger partial charge on any atom is -0.438 e. The van der Waals surface area contributed by atoms with E-state index in [1.807, 2.05) is 30.3 Å². The first kappa shape index (κ1) is 10.2. The molecule has 0 radical (unpaired) electrons. The second kappa shape index (κ2) is 4.48. The highest BCUT2D eigenvalue weighted by atomic mass is 127. The number of rotatable bonds is 2. The van der Waals surface area contributed by atoms with E-state index in [0.717, 1.165) is 9.32 Å². The number of ether oxygens (including phenoxy) is 1. The summed E-state index contributed by atoms with van der Waals surface area (Å²) in [6, 6.07) is 13.1. The molecular formula is C11H9IN2O. The van der Waals surface area contributed by atoms with Gasteiger partial charge in [-0.3, -0.25) is 0 Å². The van der Waals surface area contributed by atoms with Crippen molar-refractivity contribution < 1.29 is 4.74 Å². The highest BCUT2D eigenvalue weighted by Gasteiger charge is 2.02. The molecule has 0 aliphatic heterocycles. The van der Waals surface area contributed by atoms with Gasteiger partial charge in [0, 0.05) is 6.07 Å².